The molecule has 0 amide bonds. The third-order valence-electron chi connectivity index (χ3n) is 9.13. The van der Waals surface area contributed by atoms with E-state index in [4.69, 9.17) is 5.11 Å². The lowest BCUT2D eigenvalue weighted by Gasteiger charge is -2.35. The molecule has 3 rings (SSSR count). The summed E-state index contributed by atoms with van der Waals surface area (Å²) in [7, 11) is 0. The molecule has 3 aliphatic rings. The van der Waals surface area contributed by atoms with E-state index in [0.29, 0.717) is 22.2 Å². The number of aldehydes is 1. The first-order valence-electron chi connectivity index (χ1n) is 11.5. The summed E-state index contributed by atoms with van der Waals surface area (Å²) in [5.74, 6) is 2.47. The van der Waals surface area contributed by atoms with Gasteiger partial charge in [0.05, 0.1) is 6.61 Å². The van der Waals surface area contributed by atoms with Gasteiger partial charge < -0.3 is 5.11 Å². The molecule has 0 saturated heterocycles. The summed E-state index contributed by atoms with van der Waals surface area (Å²) in [6, 6.07) is 0. The molecule has 3 aliphatic carbocycles. The van der Waals surface area contributed by atoms with Gasteiger partial charge in [-0.25, -0.2) is 0 Å². The second kappa shape index (κ2) is 8.92. The van der Waals surface area contributed by atoms with Crippen LogP contribution in [0, 0.1) is 34.0 Å². The normalized spacial score (nSPS) is 34.8. The number of aliphatic hydroxyl groups is 1. The Labute approximate surface area is 179 Å². The van der Waals surface area contributed by atoms with Gasteiger partial charge in [-0.1, -0.05) is 64.0 Å². The van der Waals surface area contributed by atoms with E-state index in [9.17, 15) is 4.79 Å². The maximum atomic E-state index is 10.5. The second-order valence-electron chi connectivity index (χ2n) is 11.3. The Hall–Kier alpha value is -1.15. The van der Waals surface area contributed by atoms with Gasteiger partial charge in [-0.2, -0.15) is 0 Å². The Bertz CT molecular complexity index is 691. The van der Waals surface area contributed by atoms with Crippen LogP contribution >= 0.6 is 0 Å². The van der Waals surface area contributed by atoms with Crippen LogP contribution in [0.3, 0.4) is 0 Å². The van der Waals surface area contributed by atoms with E-state index in [1.165, 1.54) is 18.4 Å². The van der Waals surface area contributed by atoms with E-state index in [2.05, 4.69) is 59.8 Å². The zero-order valence-electron chi connectivity index (χ0n) is 20.1. The van der Waals surface area contributed by atoms with Gasteiger partial charge in [0, 0.05) is 0 Å². The van der Waals surface area contributed by atoms with Crippen LogP contribution in [0.15, 0.2) is 34.9 Å². The van der Waals surface area contributed by atoms with Crippen LogP contribution in [-0.4, -0.2) is 18.0 Å². The first-order chi connectivity index (χ1) is 13.4. The standard InChI is InChI=1S/C14H24O.C13H20O/c1-10(9-15)5-6-11-7-12-8-14(12,4)13(11,2)3;1-10(9-14)5-7-12-8-6-11(2)13(12,3)4/h5,11-12,15H,6-9H2,1-4H3;5-6,9,12H,7-8H2,1-4H3/b2*10-5+/t11-,12?,14-;/m0./s1. The van der Waals surface area contributed by atoms with Gasteiger partial charge in [0.1, 0.15) is 6.29 Å². The van der Waals surface area contributed by atoms with Crippen molar-refractivity contribution in [3.63, 3.8) is 0 Å². The number of hydrogen-bond acceptors (Lipinski definition) is 2. The maximum Gasteiger partial charge on any atom is 0.145 e. The lowest BCUT2D eigenvalue weighted by atomic mass is 9.70. The Balaban J connectivity index is 0.000000208. The van der Waals surface area contributed by atoms with Gasteiger partial charge in [-0.05, 0) is 92.4 Å². The van der Waals surface area contributed by atoms with Gasteiger partial charge >= 0.3 is 0 Å². The average Bonchev–Trinajstić information content (AvgIpc) is 3.21. The van der Waals surface area contributed by atoms with Crippen molar-refractivity contribution in [2.75, 3.05) is 6.61 Å². The molecule has 0 heterocycles. The van der Waals surface area contributed by atoms with Crippen LogP contribution in [-0.2, 0) is 4.79 Å². The molecule has 0 spiro atoms. The molecule has 0 aromatic carbocycles. The number of allylic oxidation sites excluding steroid dienone is 5. The highest BCUT2D eigenvalue weighted by molar-refractivity contribution is 5.71. The summed E-state index contributed by atoms with van der Waals surface area (Å²) in [4.78, 5) is 10.5. The molecule has 2 nitrogen and oxygen atoms in total. The molecule has 2 heteroatoms. The van der Waals surface area contributed by atoms with E-state index in [-0.39, 0.29) is 6.61 Å². The third kappa shape index (κ3) is 4.95. The molecule has 0 bridgehead atoms. The number of carbonyl (C=O) groups is 1. The number of aliphatic hydroxyl groups excluding tert-OH is 1. The van der Waals surface area contributed by atoms with Crippen molar-refractivity contribution < 1.29 is 9.90 Å². The molecule has 0 aromatic heterocycles. The van der Waals surface area contributed by atoms with E-state index in [1.54, 1.807) is 0 Å². The number of carbonyl (C=O) groups excluding carboxylic acids is 1. The van der Waals surface area contributed by atoms with Crippen molar-refractivity contribution in [3.8, 4) is 0 Å². The monoisotopic (exact) mass is 400 g/mol. The van der Waals surface area contributed by atoms with Crippen LogP contribution in [0.4, 0.5) is 0 Å². The minimum atomic E-state index is 0.216. The molecule has 2 unspecified atom stereocenters. The zero-order chi connectivity index (χ0) is 22.0. The number of fused-ring (bicyclic) bond motifs is 1. The van der Waals surface area contributed by atoms with Crippen LogP contribution in [0.2, 0.25) is 0 Å². The summed E-state index contributed by atoms with van der Waals surface area (Å²) in [5.41, 5.74) is 4.88. The SMILES string of the molecule is C/C(=C\C[C@H]1CC2C[C@]2(C)C1(C)C)CO.CC1=CCC(C/C=C(\C)C=O)C1(C)C. The predicted molar refractivity (Wildman–Crippen MR) is 124 cm³/mol. The summed E-state index contributed by atoms with van der Waals surface area (Å²) in [5, 5.41) is 8.98. The van der Waals surface area contributed by atoms with Crippen LogP contribution in [0.5, 0.6) is 0 Å². The van der Waals surface area contributed by atoms with Crippen LogP contribution < -0.4 is 0 Å². The summed E-state index contributed by atoms with van der Waals surface area (Å²) < 4.78 is 0. The van der Waals surface area contributed by atoms with Crippen molar-refractivity contribution in [3.05, 3.63) is 34.9 Å². The fourth-order valence-corrected chi connectivity index (χ4v) is 5.45. The van der Waals surface area contributed by atoms with Crippen molar-refractivity contribution in [2.45, 2.75) is 87.5 Å². The van der Waals surface area contributed by atoms with Gasteiger partial charge in [-0.15, -0.1) is 0 Å². The molecule has 29 heavy (non-hydrogen) atoms. The predicted octanol–water partition coefficient (Wildman–Crippen LogP) is 6.90. The lowest BCUT2D eigenvalue weighted by molar-refractivity contribution is -0.104. The highest BCUT2D eigenvalue weighted by atomic mass is 16.3. The minimum Gasteiger partial charge on any atom is -0.392 e. The Morgan fingerprint density at radius 3 is 2.17 bits per heavy atom. The summed E-state index contributed by atoms with van der Waals surface area (Å²) >= 11 is 0. The van der Waals surface area contributed by atoms with Crippen molar-refractivity contribution in [1.29, 1.82) is 0 Å². The van der Waals surface area contributed by atoms with Crippen molar-refractivity contribution in [1.82, 2.24) is 0 Å². The van der Waals surface area contributed by atoms with E-state index in [0.717, 1.165) is 48.5 Å². The van der Waals surface area contributed by atoms with Crippen molar-refractivity contribution >= 4 is 6.29 Å². The summed E-state index contributed by atoms with van der Waals surface area (Å²) in [6.07, 6.45) is 13.7. The largest absolute Gasteiger partial charge is 0.392 e. The first-order valence-corrected chi connectivity index (χ1v) is 11.5. The van der Waals surface area contributed by atoms with Crippen LogP contribution in [0.25, 0.3) is 0 Å². The highest BCUT2D eigenvalue weighted by Gasteiger charge is 2.66. The molecule has 1 N–H and O–H groups in total. The van der Waals surface area contributed by atoms with E-state index in [1.807, 2.05) is 13.8 Å². The zero-order valence-corrected chi connectivity index (χ0v) is 20.1. The van der Waals surface area contributed by atoms with E-state index < -0.39 is 0 Å². The lowest BCUT2D eigenvalue weighted by Crippen LogP contribution is -2.27. The molecule has 0 aliphatic heterocycles. The Morgan fingerprint density at radius 1 is 1.10 bits per heavy atom. The molecular formula is C27H44O2. The van der Waals surface area contributed by atoms with E-state index >= 15 is 0 Å². The van der Waals surface area contributed by atoms with Crippen molar-refractivity contribution in [2.24, 2.45) is 34.0 Å². The van der Waals surface area contributed by atoms with Gasteiger partial charge in [0.15, 0.2) is 0 Å². The molecule has 2 fully saturated rings. The second-order valence-corrected chi connectivity index (χ2v) is 11.3. The fraction of sp³-hybridized carbons (Fsp3) is 0.741. The number of hydrogen-bond donors (Lipinski definition) is 1. The molecular weight excluding hydrogens is 356 g/mol. The fourth-order valence-electron chi connectivity index (χ4n) is 5.45. The quantitative estimate of drug-likeness (QED) is 0.299. The molecule has 0 aromatic rings. The van der Waals surface area contributed by atoms with Gasteiger partial charge in [-0.3, -0.25) is 4.79 Å². The topological polar surface area (TPSA) is 37.3 Å². The smallest absolute Gasteiger partial charge is 0.145 e. The Kier molecular flexibility index (Phi) is 7.42. The third-order valence-corrected chi connectivity index (χ3v) is 9.13. The molecule has 4 atom stereocenters. The van der Waals surface area contributed by atoms with Gasteiger partial charge in [0.2, 0.25) is 0 Å². The van der Waals surface area contributed by atoms with Gasteiger partial charge in [0.25, 0.3) is 0 Å². The number of rotatable bonds is 6. The first kappa shape index (κ1) is 24.1. The highest BCUT2D eigenvalue weighted by Crippen LogP contribution is 2.74. The minimum absolute atomic E-state index is 0.216. The Morgan fingerprint density at radius 2 is 1.72 bits per heavy atom. The van der Waals surface area contributed by atoms with Crippen LogP contribution in [0.1, 0.15) is 87.5 Å². The molecule has 2 saturated carbocycles. The maximum absolute atomic E-state index is 10.5. The molecule has 0 radical (unpaired) electrons. The average molecular weight is 401 g/mol. The molecule has 164 valence electrons. The summed E-state index contributed by atoms with van der Waals surface area (Å²) in [6.45, 7) is 18.2.